The summed E-state index contributed by atoms with van der Waals surface area (Å²) in [7, 11) is -3.56. The Hall–Kier alpha value is -1.52. The summed E-state index contributed by atoms with van der Waals surface area (Å²) in [4.78, 5) is 0.284. The molecule has 0 aliphatic carbocycles. The van der Waals surface area contributed by atoms with Gasteiger partial charge in [0.1, 0.15) is 0 Å². The Morgan fingerprint density at radius 3 is 2.53 bits per heavy atom. The van der Waals surface area contributed by atoms with E-state index in [1.165, 1.54) is 0 Å². The van der Waals surface area contributed by atoms with Crippen LogP contribution in [0.25, 0.3) is 0 Å². The van der Waals surface area contributed by atoms with Gasteiger partial charge in [0.25, 0.3) is 10.0 Å². The molecule has 0 radical (unpaired) electrons. The molecular formula is C14H14ClNO2S. The largest absolute Gasteiger partial charge is 0.280 e. The summed E-state index contributed by atoms with van der Waals surface area (Å²) >= 11 is 5.74. The Morgan fingerprint density at radius 2 is 1.84 bits per heavy atom. The fraction of sp³-hybridized carbons (Fsp3) is 0.143. The molecule has 2 rings (SSSR count). The normalized spacial score (nSPS) is 11.3. The van der Waals surface area contributed by atoms with E-state index in [-0.39, 0.29) is 4.90 Å². The predicted molar refractivity (Wildman–Crippen MR) is 78.0 cm³/mol. The molecular weight excluding hydrogens is 282 g/mol. The van der Waals surface area contributed by atoms with Crippen molar-refractivity contribution in [3.63, 3.8) is 0 Å². The third-order valence-corrected chi connectivity index (χ3v) is 4.57. The molecule has 0 saturated heterocycles. The minimum atomic E-state index is -3.56. The van der Waals surface area contributed by atoms with Gasteiger partial charge in [-0.2, -0.15) is 0 Å². The van der Waals surface area contributed by atoms with Crippen LogP contribution < -0.4 is 4.72 Å². The van der Waals surface area contributed by atoms with Crippen LogP contribution >= 0.6 is 11.6 Å². The van der Waals surface area contributed by atoms with Crippen LogP contribution in [0.5, 0.6) is 0 Å². The molecule has 0 heterocycles. The number of aryl methyl sites for hydroxylation is 1. The van der Waals surface area contributed by atoms with Crippen molar-refractivity contribution < 1.29 is 8.42 Å². The minimum Gasteiger partial charge on any atom is -0.280 e. The molecule has 5 heteroatoms. The fourth-order valence-corrected chi connectivity index (χ4v) is 3.25. The summed E-state index contributed by atoms with van der Waals surface area (Å²) in [5.74, 6) is 0.347. The third-order valence-electron chi connectivity index (χ3n) is 2.72. The average Bonchev–Trinajstić information content (AvgIpc) is 2.38. The van der Waals surface area contributed by atoms with Crippen LogP contribution in [0, 0.1) is 6.92 Å². The van der Waals surface area contributed by atoms with Crippen LogP contribution in [0.4, 0.5) is 5.69 Å². The molecule has 0 unspecified atom stereocenters. The summed E-state index contributed by atoms with van der Waals surface area (Å²) in [6.07, 6.45) is 0. The standard InChI is InChI=1S/C14H14ClNO2S/c1-11-5-2-3-8-14(11)19(17,18)16-13-7-4-6-12(9-13)10-15/h2-9,16H,10H2,1H3. The van der Waals surface area contributed by atoms with E-state index in [2.05, 4.69) is 4.72 Å². The van der Waals surface area contributed by atoms with Crippen molar-refractivity contribution in [3.8, 4) is 0 Å². The topological polar surface area (TPSA) is 46.2 Å². The minimum absolute atomic E-state index is 0.284. The number of hydrogen-bond acceptors (Lipinski definition) is 2. The lowest BCUT2D eigenvalue weighted by atomic mass is 10.2. The highest BCUT2D eigenvalue weighted by Crippen LogP contribution is 2.20. The summed E-state index contributed by atoms with van der Waals surface area (Å²) < 4.78 is 27.1. The summed E-state index contributed by atoms with van der Waals surface area (Å²) in [6.45, 7) is 1.77. The van der Waals surface area contributed by atoms with Gasteiger partial charge >= 0.3 is 0 Å². The van der Waals surface area contributed by atoms with E-state index >= 15 is 0 Å². The maximum Gasteiger partial charge on any atom is 0.262 e. The number of hydrogen-bond donors (Lipinski definition) is 1. The van der Waals surface area contributed by atoms with Gasteiger partial charge in [-0.15, -0.1) is 11.6 Å². The molecule has 0 aliphatic heterocycles. The summed E-state index contributed by atoms with van der Waals surface area (Å²) in [6, 6.07) is 13.9. The van der Waals surface area contributed by atoms with Gasteiger partial charge in [-0.05, 0) is 36.2 Å². The first-order valence-electron chi connectivity index (χ1n) is 5.76. The second kappa shape index (κ2) is 5.63. The Balaban J connectivity index is 2.34. The molecule has 0 saturated carbocycles. The number of sulfonamides is 1. The van der Waals surface area contributed by atoms with E-state index in [0.717, 1.165) is 5.56 Å². The zero-order valence-corrected chi connectivity index (χ0v) is 12.0. The SMILES string of the molecule is Cc1ccccc1S(=O)(=O)Nc1cccc(CCl)c1. The van der Waals surface area contributed by atoms with E-state index in [1.807, 2.05) is 12.1 Å². The van der Waals surface area contributed by atoms with Crippen molar-refractivity contribution in [3.05, 3.63) is 59.7 Å². The van der Waals surface area contributed by atoms with Gasteiger partial charge in [0.05, 0.1) is 4.90 Å². The number of anilines is 1. The molecule has 0 atom stereocenters. The van der Waals surface area contributed by atoms with Gasteiger partial charge in [-0.25, -0.2) is 8.42 Å². The van der Waals surface area contributed by atoms with Crippen molar-refractivity contribution in [1.29, 1.82) is 0 Å². The number of nitrogens with one attached hydrogen (secondary N) is 1. The molecule has 0 aromatic heterocycles. The first-order chi connectivity index (χ1) is 9.03. The number of alkyl halides is 1. The van der Waals surface area contributed by atoms with E-state index in [9.17, 15) is 8.42 Å². The van der Waals surface area contributed by atoms with E-state index in [1.54, 1.807) is 43.3 Å². The van der Waals surface area contributed by atoms with E-state index in [0.29, 0.717) is 17.1 Å². The average molecular weight is 296 g/mol. The molecule has 2 aromatic rings. The van der Waals surface area contributed by atoms with Gasteiger partial charge in [0.15, 0.2) is 0 Å². The highest BCUT2D eigenvalue weighted by Gasteiger charge is 2.16. The molecule has 1 N–H and O–H groups in total. The van der Waals surface area contributed by atoms with Crippen LogP contribution in [0.15, 0.2) is 53.4 Å². The highest BCUT2D eigenvalue weighted by atomic mass is 35.5. The lowest BCUT2D eigenvalue weighted by Gasteiger charge is -2.10. The lowest BCUT2D eigenvalue weighted by Crippen LogP contribution is -2.14. The predicted octanol–water partition coefficient (Wildman–Crippen LogP) is 3.53. The smallest absolute Gasteiger partial charge is 0.262 e. The van der Waals surface area contributed by atoms with Crippen molar-refractivity contribution in [2.75, 3.05) is 4.72 Å². The zero-order valence-electron chi connectivity index (χ0n) is 10.4. The molecule has 0 amide bonds. The fourth-order valence-electron chi connectivity index (χ4n) is 1.79. The number of benzene rings is 2. The van der Waals surface area contributed by atoms with Gasteiger partial charge in [-0.3, -0.25) is 4.72 Å². The third kappa shape index (κ3) is 3.28. The molecule has 0 aliphatic rings. The summed E-state index contributed by atoms with van der Waals surface area (Å²) in [5.41, 5.74) is 2.09. The molecule has 3 nitrogen and oxygen atoms in total. The Kier molecular flexibility index (Phi) is 4.12. The molecule has 19 heavy (non-hydrogen) atoms. The second-order valence-electron chi connectivity index (χ2n) is 4.21. The van der Waals surface area contributed by atoms with Gasteiger partial charge in [0, 0.05) is 11.6 Å². The zero-order chi connectivity index (χ0) is 13.9. The molecule has 2 aromatic carbocycles. The highest BCUT2D eigenvalue weighted by molar-refractivity contribution is 7.92. The molecule has 0 bridgehead atoms. The monoisotopic (exact) mass is 295 g/mol. The quantitative estimate of drug-likeness (QED) is 0.877. The van der Waals surface area contributed by atoms with Gasteiger partial charge in [0.2, 0.25) is 0 Å². The Labute approximate surface area is 118 Å². The van der Waals surface area contributed by atoms with Crippen LogP contribution in [-0.2, 0) is 15.9 Å². The summed E-state index contributed by atoms with van der Waals surface area (Å²) in [5, 5.41) is 0. The maximum atomic E-state index is 12.3. The second-order valence-corrected chi connectivity index (χ2v) is 6.12. The van der Waals surface area contributed by atoms with Crippen LogP contribution in [0.2, 0.25) is 0 Å². The first kappa shape index (κ1) is 13.9. The van der Waals surface area contributed by atoms with Gasteiger partial charge < -0.3 is 0 Å². The molecule has 0 spiro atoms. The van der Waals surface area contributed by atoms with Crippen molar-refractivity contribution >= 4 is 27.3 Å². The molecule has 100 valence electrons. The Morgan fingerprint density at radius 1 is 1.11 bits per heavy atom. The van der Waals surface area contributed by atoms with Crippen LogP contribution in [0.3, 0.4) is 0 Å². The maximum absolute atomic E-state index is 12.3. The van der Waals surface area contributed by atoms with Crippen molar-refractivity contribution in [2.24, 2.45) is 0 Å². The van der Waals surface area contributed by atoms with E-state index < -0.39 is 10.0 Å². The van der Waals surface area contributed by atoms with Crippen molar-refractivity contribution in [2.45, 2.75) is 17.7 Å². The lowest BCUT2D eigenvalue weighted by molar-refractivity contribution is 0.600. The number of halogens is 1. The first-order valence-corrected chi connectivity index (χ1v) is 7.78. The van der Waals surface area contributed by atoms with Crippen LogP contribution in [-0.4, -0.2) is 8.42 Å². The molecule has 0 fully saturated rings. The van der Waals surface area contributed by atoms with Gasteiger partial charge in [-0.1, -0.05) is 30.3 Å². The van der Waals surface area contributed by atoms with Crippen molar-refractivity contribution in [1.82, 2.24) is 0 Å². The van der Waals surface area contributed by atoms with E-state index in [4.69, 9.17) is 11.6 Å². The number of rotatable bonds is 4. The Bertz CT molecular complexity index is 683. The van der Waals surface area contributed by atoms with Crippen LogP contribution in [0.1, 0.15) is 11.1 Å².